The van der Waals surface area contributed by atoms with Crippen LogP contribution in [0.2, 0.25) is 0 Å². The predicted octanol–water partition coefficient (Wildman–Crippen LogP) is 1.81. The van der Waals surface area contributed by atoms with Gasteiger partial charge in [0.2, 0.25) is 11.8 Å². The molecule has 21 heavy (non-hydrogen) atoms. The smallest absolute Gasteiger partial charge is 0.248 e. The lowest BCUT2D eigenvalue weighted by molar-refractivity contribution is -0.158. The Hall–Kier alpha value is -1.10. The zero-order valence-electron chi connectivity index (χ0n) is 14.4. The van der Waals surface area contributed by atoms with Crippen molar-refractivity contribution in [1.82, 2.24) is 10.2 Å². The minimum absolute atomic E-state index is 0.0461. The van der Waals surface area contributed by atoms with Gasteiger partial charge in [-0.15, -0.1) is 0 Å². The number of nitrogens with zero attached hydrogens (tertiary/aromatic N) is 1. The summed E-state index contributed by atoms with van der Waals surface area (Å²) in [5.41, 5.74) is -1.16. The van der Waals surface area contributed by atoms with Crippen molar-refractivity contribution in [3.8, 4) is 0 Å². The summed E-state index contributed by atoms with van der Waals surface area (Å²) in [6, 6.07) is -0.458. The van der Waals surface area contributed by atoms with Crippen LogP contribution in [-0.4, -0.2) is 48.1 Å². The molecule has 5 heteroatoms. The highest BCUT2D eigenvalue weighted by molar-refractivity contribution is 5.99. The van der Waals surface area contributed by atoms with Crippen LogP contribution in [0.4, 0.5) is 0 Å². The van der Waals surface area contributed by atoms with Crippen LogP contribution in [0, 0.1) is 11.3 Å². The summed E-state index contributed by atoms with van der Waals surface area (Å²) < 4.78 is 5.58. The quantitative estimate of drug-likeness (QED) is 0.788. The van der Waals surface area contributed by atoms with Crippen molar-refractivity contribution >= 4 is 11.8 Å². The second-order valence-corrected chi connectivity index (χ2v) is 7.85. The summed E-state index contributed by atoms with van der Waals surface area (Å²) in [6.45, 7) is 15.2. The van der Waals surface area contributed by atoms with Crippen LogP contribution in [0.1, 0.15) is 48.5 Å². The number of nitrogens with one attached hydrogen (secondary N) is 1. The Bertz CT molecular complexity index is 397. The average Bonchev–Trinajstić information content (AvgIpc) is 2.27. The summed E-state index contributed by atoms with van der Waals surface area (Å²) in [5, 5.41) is 2.83. The summed E-state index contributed by atoms with van der Waals surface area (Å²) in [5.74, 6) is 0.325. The molecular formula is C16H30N2O3. The zero-order chi connectivity index (χ0) is 16.4. The second kappa shape index (κ2) is 6.34. The van der Waals surface area contributed by atoms with Crippen LogP contribution in [0.3, 0.4) is 0 Å². The molecule has 0 aromatic rings. The molecule has 1 aliphatic heterocycles. The van der Waals surface area contributed by atoms with Gasteiger partial charge in [0, 0.05) is 13.2 Å². The molecule has 5 nitrogen and oxygen atoms in total. The number of carbonyl (C=O) groups is 2. The van der Waals surface area contributed by atoms with Crippen LogP contribution < -0.4 is 5.32 Å². The number of hydrogen-bond donors (Lipinski definition) is 1. The molecule has 1 saturated heterocycles. The highest BCUT2D eigenvalue weighted by Crippen LogP contribution is 2.30. The van der Waals surface area contributed by atoms with Crippen LogP contribution in [0.15, 0.2) is 0 Å². The minimum Gasteiger partial charge on any atom is -0.379 e. The van der Waals surface area contributed by atoms with Crippen molar-refractivity contribution in [2.24, 2.45) is 11.3 Å². The predicted molar refractivity (Wildman–Crippen MR) is 82.8 cm³/mol. The van der Waals surface area contributed by atoms with Crippen LogP contribution in [0.25, 0.3) is 0 Å². The molecule has 0 aromatic carbocycles. The maximum atomic E-state index is 12.6. The van der Waals surface area contributed by atoms with Crippen molar-refractivity contribution in [2.45, 2.75) is 60.0 Å². The van der Waals surface area contributed by atoms with E-state index in [9.17, 15) is 9.59 Å². The normalized spacial score (nSPS) is 22.7. The topological polar surface area (TPSA) is 58.6 Å². The van der Waals surface area contributed by atoms with E-state index in [4.69, 9.17) is 4.74 Å². The Morgan fingerprint density at radius 1 is 1.29 bits per heavy atom. The molecule has 2 amide bonds. The van der Waals surface area contributed by atoms with Gasteiger partial charge in [0.1, 0.15) is 11.6 Å². The van der Waals surface area contributed by atoms with Gasteiger partial charge >= 0.3 is 0 Å². The maximum absolute atomic E-state index is 12.6. The van der Waals surface area contributed by atoms with E-state index in [0.717, 1.165) is 0 Å². The first-order valence-electron chi connectivity index (χ1n) is 7.67. The van der Waals surface area contributed by atoms with Crippen molar-refractivity contribution < 1.29 is 14.3 Å². The van der Waals surface area contributed by atoms with E-state index in [1.54, 1.807) is 18.7 Å². The Labute approximate surface area is 128 Å². The molecule has 1 rings (SSSR count). The van der Waals surface area contributed by atoms with Gasteiger partial charge in [-0.2, -0.15) is 0 Å². The molecule has 0 spiro atoms. The SMILES string of the molecule is CC(C)COCCN1C(=O)C(C)(C)NC(=O)C1C(C)(C)C. The molecule has 0 radical (unpaired) electrons. The third-order valence-electron chi connectivity index (χ3n) is 3.54. The van der Waals surface area contributed by atoms with E-state index in [1.807, 2.05) is 20.8 Å². The third-order valence-corrected chi connectivity index (χ3v) is 3.54. The van der Waals surface area contributed by atoms with Gasteiger partial charge in [0.25, 0.3) is 0 Å². The molecule has 1 unspecified atom stereocenters. The molecular weight excluding hydrogens is 268 g/mol. The van der Waals surface area contributed by atoms with E-state index < -0.39 is 11.6 Å². The standard InChI is InChI=1S/C16H30N2O3/c1-11(2)10-21-9-8-18-12(15(3,4)5)13(19)17-16(6,7)14(18)20/h11-12H,8-10H2,1-7H3,(H,17,19). The van der Waals surface area contributed by atoms with Gasteiger partial charge < -0.3 is 15.0 Å². The van der Waals surface area contributed by atoms with E-state index in [2.05, 4.69) is 19.2 Å². The van der Waals surface area contributed by atoms with Crippen molar-refractivity contribution in [2.75, 3.05) is 19.8 Å². The molecule has 1 atom stereocenters. The first-order valence-corrected chi connectivity index (χ1v) is 7.67. The van der Waals surface area contributed by atoms with Gasteiger partial charge in [0.15, 0.2) is 0 Å². The van der Waals surface area contributed by atoms with Crippen molar-refractivity contribution in [3.05, 3.63) is 0 Å². The molecule has 0 saturated carbocycles. The molecule has 1 aliphatic rings. The number of rotatable bonds is 5. The third kappa shape index (κ3) is 4.43. The van der Waals surface area contributed by atoms with Gasteiger partial charge in [0.05, 0.1) is 6.61 Å². The lowest BCUT2D eigenvalue weighted by atomic mass is 9.81. The second-order valence-electron chi connectivity index (χ2n) is 7.85. The summed E-state index contributed by atoms with van der Waals surface area (Å²) in [6.07, 6.45) is 0. The molecule has 1 fully saturated rings. The lowest BCUT2D eigenvalue weighted by Gasteiger charge is -2.47. The Kier molecular flexibility index (Phi) is 5.42. The first kappa shape index (κ1) is 18.0. The fourth-order valence-electron chi connectivity index (χ4n) is 2.62. The van der Waals surface area contributed by atoms with Crippen molar-refractivity contribution in [1.29, 1.82) is 0 Å². The Morgan fingerprint density at radius 3 is 2.33 bits per heavy atom. The van der Waals surface area contributed by atoms with Gasteiger partial charge in [-0.25, -0.2) is 0 Å². The Morgan fingerprint density at radius 2 is 1.86 bits per heavy atom. The highest BCUT2D eigenvalue weighted by atomic mass is 16.5. The Balaban J connectivity index is 2.85. The van der Waals surface area contributed by atoms with E-state index in [-0.39, 0.29) is 17.2 Å². The average molecular weight is 298 g/mol. The van der Waals surface area contributed by atoms with Gasteiger partial charge in [-0.05, 0) is 25.2 Å². The van der Waals surface area contributed by atoms with E-state index in [1.165, 1.54) is 0 Å². The zero-order valence-corrected chi connectivity index (χ0v) is 14.4. The molecule has 1 heterocycles. The number of hydrogen-bond acceptors (Lipinski definition) is 3. The van der Waals surface area contributed by atoms with Crippen LogP contribution in [-0.2, 0) is 14.3 Å². The number of piperazine rings is 1. The van der Waals surface area contributed by atoms with E-state index >= 15 is 0 Å². The number of carbonyl (C=O) groups excluding carboxylic acids is 2. The van der Waals surface area contributed by atoms with Crippen molar-refractivity contribution in [3.63, 3.8) is 0 Å². The minimum atomic E-state index is -0.850. The molecule has 0 aromatic heterocycles. The van der Waals surface area contributed by atoms with E-state index in [0.29, 0.717) is 25.7 Å². The lowest BCUT2D eigenvalue weighted by Crippen LogP contribution is -2.71. The summed E-state index contributed by atoms with van der Waals surface area (Å²) >= 11 is 0. The summed E-state index contributed by atoms with van der Waals surface area (Å²) in [7, 11) is 0. The molecule has 1 N–H and O–H groups in total. The maximum Gasteiger partial charge on any atom is 0.248 e. The highest BCUT2D eigenvalue weighted by Gasteiger charge is 2.49. The van der Waals surface area contributed by atoms with Gasteiger partial charge in [-0.1, -0.05) is 34.6 Å². The largest absolute Gasteiger partial charge is 0.379 e. The molecule has 0 aliphatic carbocycles. The number of amides is 2. The monoisotopic (exact) mass is 298 g/mol. The van der Waals surface area contributed by atoms with Crippen LogP contribution in [0.5, 0.6) is 0 Å². The van der Waals surface area contributed by atoms with Crippen LogP contribution >= 0.6 is 0 Å². The van der Waals surface area contributed by atoms with Gasteiger partial charge in [-0.3, -0.25) is 9.59 Å². The molecule has 0 bridgehead atoms. The number of ether oxygens (including phenoxy) is 1. The fourth-order valence-corrected chi connectivity index (χ4v) is 2.62. The fraction of sp³-hybridized carbons (Fsp3) is 0.875. The molecule has 122 valence electrons. The first-order chi connectivity index (χ1) is 9.47. The summed E-state index contributed by atoms with van der Waals surface area (Å²) in [4.78, 5) is 26.7.